The molecule has 1 aliphatic heterocycles. The first-order chi connectivity index (χ1) is 14.6. The molecule has 30 heavy (non-hydrogen) atoms. The van der Waals surface area contributed by atoms with E-state index in [1.54, 1.807) is 0 Å². The molecule has 0 saturated carbocycles. The fourth-order valence-electron chi connectivity index (χ4n) is 3.57. The average Bonchev–Trinajstić information content (AvgIpc) is 3.35. The van der Waals surface area contributed by atoms with Gasteiger partial charge in [0.25, 0.3) is 11.8 Å². The summed E-state index contributed by atoms with van der Waals surface area (Å²) in [6, 6.07) is 19.2. The number of carbonyl (C=O) groups is 2. The maximum Gasteiger partial charge on any atom is 0.282 e. The largest absolute Gasteiger partial charge is 0.350 e. The van der Waals surface area contributed by atoms with Gasteiger partial charge in [-0.15, -0.1) is 11.3 Å². The third kappa shape index (κ3) is 3.81. The number of benzene rings is 2. The van der Waals surface area contributed by atoms with Crippen molar-refractivity contribution in [3.05, 3.63) is 87.7 Å². The summed E-state index contributed by atoms with van der Waals surface area (Å²) >= 11 is 1.46. The minimum absolute atomic E-state index is 0.292. The zero-order valence-electron chi connectivity index (χ0n) is 17.1. The highest BCUT2D eigenvalue weighted by Gasteiger charge is 2.40. The van der Waals surface area contributed by atoms with Gasteiger partial charge < -0.3 is 5.32 Å². The summed E-state index contributed by atoms with van der Waals surface area (Å²) < 4.78 is 0. The second-order valence-electron chi connectivity index (χ2n) is 7.38. The van der Waals surface area contributed by atoms with Crippen molar-refractivity contribution >= 4 is 40.1 Å². The molecule has 0 aliphatic carbocycles. The smallest absolute Gasteiger partial charge is 0.282 e. The van der Waals surface area contributed by atoms with E-state index in [1.807, 2.05) is 73.0 Å². The fraction of sp³-hybridized carbons (Fsp3) is 0.200. The van der Waals surface area contributed by atoms with Crippen LogP contribution < -0.4 is 10.2 Å². The second kappa shape index (κ2) is 8.67. The van der Waals surface area contributed by atoms with E-state index in [4.69, 9.17) is 0 Å². The Labute approximate surface area is 180 Å². The Kier molecular flexibility index (Phi) is 5.81. The Hall–Kier alpha value is -3.18. The molecule has 2 heterocycles. The van der Waals surface area contributed by atoms with Gasteiger partial charge in [0.1, 0.15) is 5.70 Å². The number of thiophene rings is 1. The van der Waals surface area contributed by atoms with Crippen molar-refractivity contribution in [2.45, 2.75) is 33.1 Å². The number of amides is 2. The number of unbranched alkanes of at least 4 members (excludes halogenated alkanes) is 1. The van der Waals surface area contributed by atoms with E-state index >= 15 is 0 Å². The van der Waals surface area contributed by atoms with Gasteiger partial charge in [-0.3, -0.25) is 9.59 Å². The highest BCUT2D eigenvalue weighted by molar-refractivity contribution is 7.11. The van der Waals surface area contributed by atoms with Crippen LogP contribution in [0, 0.1) is 6.92 Å². The SMILES string of the molecule is CCCCc1ccc(N2C(=O)C(Nc3ccccc3C)=C(c3cccs3)C2=O)cc1. The van der Waals surface area contributed by atoms with E-state index in [-0.39, 0.29) is 11.8 Å². The first-order valence-corrected chi connectivity index (χ1v) is 11.1. The summed E-state index contributed by atoms with van der Waals surface area (Å²) in [5.74, 6) is -0.618. The van der Waals surface area contributed by atoms with Crippen molar-refractivity contribution in [3.63, 3.8) is 0 Å². The molecule has 5 heteroatoms. The predicted octanol–water partition coefficient (Wildman–Crippen LogP) is 5.80. The van der Waals surface area contributed by atoms with Gasteiger partial charge in [-0.25, -0.2) is 4.90 Å². The molecule has 2 amide bonds. The van der Waals surface area contributed by atoms with E-state index in [1.165, 1.54) is 21.8 Å². The number of anilines is 2. The summed E-state index contributed by atoms with van der Waals surface area (Å²) in [5.41, 5.74) is 4.39. The molecule has 1 N–H and O–H groups in total. The number of aryl methyl sites for hydroxylation is 2. The minimum atomic E-state index is -0.326. The highest BCUT2D eigenvalue weighted by atomic mass is 32.1. The molecular formula is C25H24N2O2S. The lowest BCUT2D eigenvalue weighted by Crippen LogP contribution is -2.32. The van der Waals surface area contributed by atoms with Crippen molar-refractivity contribution in [3.8, 4) is 0 Å². The Balaban J connectivity index is 1.71. The summed E-state index contributed by atoms with van der Waals surface area (Å²) in [6.07, 6.45) is 3.25. The number of hydrogen-bond acceptors (Lipinski definition) is 4. The van der Waals surface area contributed by atoms with E-state index in [9.17, 15) is 9.59 Å². The normalized spacial score (nSPS) is 14.0. The van der Waals surface area contributed by atoms with Gasteiger partial charge in [0.15, 0.2) is 0 Å². The molecule has 0 radical (unpaired) electrons. The van der Waals surface area contributed by atoms with Crippen LogP contribution in [0.15, 0.2) is 71.7 Å². The monoisotopic (exact) mass is 416 g/mol. The number of para-hydroxylation sites is 1. The van der Waals surface area contributed by atoms with Crippen LogP contribution >= 0.6 is 11.3 Å². The van der Waals surface area contributed by atoms with Gasteiger partial charge in [0.05, 0.1) is 11.3 Å². The van der Waals surface area contributed by atoms with Crippen LogP contribution in [0.3, 0.4) is 0 Å². The third-order valence-electron chi connectivity index (χ3n) is 5.27. The molecule has 4 rings (SSSR count). The molecular weight excluding hydrogens is 392 g/mol. The van der Waals surface area contributed by atoms with Crippen molar-refractivity contribution in [2.75, 3.05) is 10.2 Å². The Morgan fingerprint density at radius 3 is 2.37 bits per heavy atom. The average molecular weight is 417 g/mol. The maximum absolute atomic E-state index is 13.4. The minimum Gasteiger partial charge on any atom is -0.350 e. The lowest BCUT2D eigenvalue weighted by molar-refractivity contribution is -0.120. The molecule has 0 saturated heterocycles. The highest BCUT2D eigenvalue weighted by Crippen LogP contribution is 2.36. The molecule has 0 spiro atoms. The van der Waals surface area contributed by atoms with E-state index in [0.29, 0.717) is 17.0 Å². The Bertz CT molecular complexity index is 1100. The standard InChI is InChI=1S/C25H24N2O2S/c1-3-4-9-18-12-14-19(15-13-18)27-24(28)22(21-11-7-16-30-21)23(25(27)29)26-20-10-6-5-8-17(20)2/h5-8,10-16,26H,3-4,9H2,1-2H3. The first kappa shape index (κ1) is 20.1. The van der Waals surface area contributed by atoms with Crippen LogP contribution in [0.5, 0.6) is 0 Å². The molecule has 2 aromatic carbocycles. The topological polar surface area (TPSA) is 49.4 Å². The quantitative estimate of drug-likeness (QED) is 0.496. The lowest BCUT2D eigenvalue weighted by Gasteiger charge is -2.16. The summed E-state index contributed by atoms with van der Waals surface area (Å²) in [5, 5.41) is 5.15. The summed E-state index contributed by atoms with van der Waals surface area (Å²) in [7, 11) is 0. The first-order valence-electron chi connectivity index (χ1n) is 10.2. The Morgan fingerprint density at radius 1 is 0.933 bits per heavy atom. The lowest BCUT2D eigenvalue weighted by atomic mass is 10.1. The zero-order valence-corrected chi connectivity index (χ0v) is 18.0. The molecule has 0 fully saturated rings. The summed E-state index contributed by atoms with van der Waals surface area (Å²) in [4.78, 5) is 28.8. The molecule has 4 nitrogen and oxygen atoms in total. The molecule has 3 aromatic rings. The van der Waals surface area contributed by atoms with Gasteiger partial charge in [0, 0.05) is 10.6 Å². The van der Waals surface area contributed by atoms with Crippen molar-refractivity contribution in [2.24, 2.45) is 0 Å². The fourth-order valence-corrected chi connectivity index (χ4v) is 4.34. The molecule has 152 valence electrons. The number of imide groups is 1. The number of nitrogens with zero attached hydrogens (tertiary/aromatic N) is 1. The summed E-state index contributed by atoms with van der Waals surface area (Å²) in [6.45, 7) is 4.14. The molecule has 0 unspecified atom stereocenters. The maximum atomic E-state index is 13.4. The van der Waals surface area contributed by atoms with E-state index in [0.717, 1.165) is 35.4 Å². The van der Waals surface area contributed by atoms with Crippen LogP contribution in [-0.4, -0.2) is 11.8 Å². The van der Waals surface area contributed by atoms with Gasteiger partial charge in [0.2, 0.25) is 0 Å². The van der Waals surface area contributed by atoms with Crippen LogP contribution in [0.1, 0.15) is 35.8 Å². The molecule has 1 aliphatic rings. The molecule has 1 aromatic heterocycles. The third-order valence-corrected chi connectivity index (χ3v) is 6.16. The van der Waals surface area contributed by atoms with Crippen molar-refractivity contribution in [1.82, 2.24) is 0 Å². The van der Waals surface area contributed by atoms with Crippen LogP contribution in [-0.2, 0) is 16.0 Å². The van der Waals surface area contributed by atoms with Crippen molar-refractivity contribution < 1.29 is 9.59 Å². The van der Waals surface area contributed by atoms with Gasteiger partial charge in [-0.05, 0) is 60.5 Å². The van der Waals surface area contributed by atoms with Crippen LogP contribution in [0.25, 0.3) is 5.57 Å². The van der Waals surface area contributed by atoms with Crippen LogP contribution in [0.4, 0.5) is 11.4 Å². The number of hydrogen-bond donors (Lipinski definition) is 1. The molecule has 0 atom stereocenters. The van der Waals surface area contributed by atoms with Gasteiger partial charge in [-0.2, -0.15) is 0 Å². The predicted molar refractivity (Wildman–Crippen MR) is 124 cm³/mol. The van der Waals surface area contributed by atoms with E-state index in [2.05, 4.69) is 12.2 Å². The number of carbonyl (C=O) groups excluding carboxylic acids is 2. The molecule has 0 bridgehead atoms. The van der Waals surface area contributed by atoms with E-state index < -0.39 is 0 Å². The number of nitrogens with one attached hydrogen (secondary N) is 1. The van der Waals surface area contributed by atoms with Gasteiger partial charge in [-0.1, -0.05) is 49.7 Å². The van der Waals surface area contributed by atoms with Crippen LogP contribution in [0.2, 0.25) is 0 Å². The second-order valence-corrected chi connectivity index (χ2v) is 8.33. The van der Waals surface area contributed by atoms with Gasteiger partial charge >= 0.3 is 0 Å². The Morgan fingerprint density at radius 2 is 1.70 bits per heavy atom. The van der Waals surface area contributed by atoms with Crippen molar-refractivity contribution in [1.29, 1.82) is 0 Å². The number of rotatable bonds is 7. The zero-order chi connectivity index (χ0) is 21.1.